The Morgan fingerprint density at radius 3 is 2.27 bits per heavy atom. The molecule has 2 heteroatoms. The van der Waals surface area contributed by atoms with E-state index in [-0.39, 0.29) is 0 Å². The van der Waals surface area contributed by atoms with E-state index >= 15 is 0 Å². The Morgan fingerprint density at radius 1 is 1.27 bits per heavy atom. The zero-order chi connectivity index (χ0) is 8.48. The molecule has 66 valence electrons. The van der Waals surface area contributed by atoms with Crippen LogP contribution in [-0.2, 0) is 0 Å². The summed E-state index contributed by atoms with van der Waals surface area (Å²) in [7, 11) is 0. The third-order valence-electron chi connectivity index (χ3n) is 2.40. The summed E-state index contributed by atoms with van der Waals surface area (Å²) in [6, 6.07) is 0.650. The molecule has 1 rings (SSSR count). The van der Waals surface area contributed by atoms with Crippen LogP contribution in [-0.4, -0.2) is 18.0 Å². The number of piperidine rings is 1. The zero-order valence-corrected chi connectivity index (χ0v) is 8.41. The van der Waals surface area contributed by atoms with Crippen molar-refractivity contribution in [1.82, 2.24) is 5.32 Å². The van der Waals surface area contributed by atoms with E-state index in [0.29, 0.717) is 16.8 Å². The highest BCUT2D eigenvalue weighted by atomic mass is 35.5. The average molecular weight is 176 g/mol. The summed E-state index contributed by atoms with van der Waals surface area (Å²) in [5.74, 6) is 0. The highest BCUT2D eigenvalue weighted by Crippen LogP contribution is 2.26. The fourth-order valence-corrected chi connectivity index (χ4v) is 1.78. The van der Waals surface area contributed by atoms with Crippen molar-refractivity contribution in [3.8, 4) is 0 Å². The van der Waals surface area contributed by atoms with Crippen LogP contribution in [0.3, 0.4) is 0 Å². The number of hydrogen-bond donors (Lipinski definition) is 1. The molecule has 0 saturated carbocycles. The lowest BCUT2D eigenvalue weighted by Crippen LogP contribution is -2.46. The lowest BCUT2D eigenvalue weighted by atomic mass is 9.82. The molecule has 1 aliphatic rings. The normalized spacial score (nSPS) is 33.8. The van der Waals surface area contributed by atoms with Crippen LogP contribution in [0.25, 0.3) is 0 Å². The summed E-state index contributed by atoms with van der Waals surface area (Å²) in [6.07, 6.45) is 2.38. The van der Waals surface area contributed by atoms with Crippen LogP contribution in [0.1, 0.15) is 33.6 Å². The first-order chi connectivity index (χ1) is 5.00. The maximum atomic E-state index is 5.97. The monoisotopic (exact) mass is 175 g/mol. The molecule has 1 fully saturated rings. The molecule has 1 nitrogen and oxygen atoms in total. The second-order valence-corrected chi connectivity index (χ2v) is 5.12. The Morgan fingerprint density at radius 2 is 1.91 bits per heavy atom. The molecule has 0 aromatic carbocycles. The molecule has 1 aliphatic heterocycles. The summed E-state index contributed by atoms with van der Waals surface area (Å²) in [5, 5.41) is 3.83. The van der Waals surface area contributed by atoms with E-state index in [9.17, 15) is 0 Å². The fraction of sp³-hybridized carbons (Fsp3) is 1.00. The third-order valence-corrected chi connectivity index (χ3v) is 2.77. The maximum absolute atomic E-state index is 5.97. The van der Waals surface area contributed by atoms with Gasteiger partial charge < -0.3 is 5.32 Å². The first kappa shape index (κ1) is 9.34. The minimum atomic E-state index is 0.355. The van der Waals surface area contributed by atoms with Gasteiger partial charge in [-0.15, -0.1) is 11.6 Å². The molecule has 1 saturated heterocycles. The Hall–Kier alpha value is 0.250. The molecular formula is C9H18ClN. The highest BCUT2D eigenvalue weighted by molar-refractivity contribution is 6.20. The summed E-state index contributed by atoms with van der Waals surface area (Å²) >= 11 is 5.97. The fourth-order valence-electron chi connectivity index (χ4n) is 1.56. The van der Waals surface area contributed by atoms with Crippen LogP contribution < -0.4 is 5.32 Å². The van der Waals surface area contributed by atoms with Crippen LogP contribution >= 0.6 is 11.6 Å². The highest BCUT2D eigenvalue weighted by Gasteiger charge is 2.28. The van der Waals surface area contributed by atoms with E-state index in [1.54, 1.807) is 0 Å². The topological polar surface area (TPSA) is 12.0 Å². The largest absolute Gasteiger partial charge is 0.312 e. The van der Waals surface area contributed by atoms with E-state index in [1.165, 1.54) is 6.42 Å². The lowest BCUT2D eigenvalue weighted by molar-refractivity contribution is 0.228. The second-order valence-electron chi connectivity index (χ2n) is 4.50. The van der Waals surface area contributed by atoms with Gasteiger partial charge in [-0.25, -0.2) is 0 Å². The van der Waals surface area contributed by atoms with Crippen molar-refractivity contribution in [1.29, 1.82) is 0 Å². The predicted molar refractivity (Wildman–Crippen MR) is 50.1 cm³/mol. The first-order valence-electron chi connectivity index (χ1n) is 4.37. The molecule has 0 spiro atoms. The van der Waals surface area contributed by atoms with Crippen LogP contribution in [0.15, 0.2) is 0 Å². The van der Waals surface area contributed by atoms with Crippen LogP contribution in [0.4, 0.5) is 0 Å². The molecule has 0 aliphatic carbocycles. The summed E-state index contributed by atoms with van der Waals surface area (Å²) in [5.41, 5.74) is 0.386. The average Bonchev–Trinajstić information content (AvgIpc) is 1.86. The van der Waals surface area contributed by atoms with E-state index in [2.05, 4.69) is 26.1 Å². The van der Waals surface area contributed by atoms with Gasteiger partial charge in [0.1, 0.15) is 0 Å². The maximum Gasteiger partial charge on any atom is 0.0461 e. The number of nitrogens with one attached hydrogen (secondary N) is 1. The van der Waals surface area contributed by atoms with Crippen molar-refractivity contribution in [2.45, 2.75) is 45.0 Å². The Bertz CT molecular complexity index is 120. The van der Waals surface area contributed by atoms with Gasteiger partial charge in [-0.05, 0) is 18.3 Å². The molecule has 0 radical (unpaired) electrons. The van der Waals surface area contributed by atoms with Crippen molar-refractivity contribution in [3.05, 3.63) is 0 Å². The Kier molecular flexibility index (Phi) is 2.82. The molecule has 0 aromatic heterocycles. The van der Waals surface area contributed by atoms with Gasteiger partial charge in [0.05, 0.1) is 0 Å². The van der Waals surface area contributed by atoms with Gasteiger partial charge >= 0.3 is 0 Å². The van der Waals surface area contributed by atoms with Crippen molar-refractivity contribution in [2.24, 2.45) is 5.41 Å². The van der Waals surface area contributed by atoms with E-state index in [4.69, 9.17) is 11.6 Å². The van der Waals surface area contributed by atoms with E-state index in [1.807, 2.05) is 0 Å². The first-order valence-corrected chi connectivity index (χ1v) is 4.81. The summed E-state index contributed by atoms with van der Waals surface area (Å²) in [4.78, 5) is 0. The molecule has 2 unspecified atom stereocenters. The van der Waals surface area contributed by atoms with Crippen molar-refractivity contribution >= 4 is 11.6 Å². The number of hydrogen-bond acceptors (Lipinski definition) is 1. The van der Waals surface area contributed by atoms with Gasteiger partial charge in [-0.2, -0.15) is 0 Å². The van der Waals surface area contributed by atoms with Gasteiger partial charge in [0.25, 0.3) is 0 Å². The molecule has 0 amide bonds. The SMILES string of the molecule is CC(C)(C)C1CCC(Cl)CN1. The summed E-state index contributed by atoms with van der Waals surface area (Å²) < 4.78 is 0. The van der Waals surface area contributed by atoms with Crippen LogP contribution in [0.5, 0.6) is 0 Å². The van der Waals surface area contributed by atoms with E-state index in [0.717, 1.165) is 13.0 Å². The lowest BCUT2D eigenvalue weighted by Gasteiger charge is -2.36. The quantitative estimate of drug-likeness (QED) is 0.558. The summed E-state index contributed by atoms with van der Waals surface area (Å²) in [6.45, 7) is 7.81. The molecule has 11 heavy (non-hydrogen) atoms. The van der Waals surface area contributed by atoms with Crippen LogP contribution in [0, 0.1) is 5.41 Å². The zero-order valence-electron chi connectivity index (χ0n) is 7.65. The smallest absolute Gasteiger partial charge is 0.0461 e. The standard InChI is InChI=1S/C9H18ClN/c1-9(2,3)8-5-4-7(10)6-11-8/h7-8,11H,4-6H2,1-3H3. The minimum Gasteiger partial charge on any atom is -0.312 e. The minimum absolute atomic E-state index is 0.355. The molecule has 1 heterocycles. The number of rotatable bonds is 0. The van der Waals surface area contributed by atoms with Crippen molar-refractivity contribution < 1.29 is 0 Å². The van der Waals surface area contributed by atoms with Crippen molar-refractivity contribution in [2.75, 3.05) is 6.54 Å². The van der Waals surface area contributed by atoms with E-state index < -0.39 is 0 Å². The Balaban J connectivity index is 2.39. The Labute approximate surface area is 74.5 Å². The van der Waals surface area contributed by atoms with Crippen molar-refractivity contribution in [3.63, 3.8) is 0 Å². The third kappa shape index (κ3) is 2.64. The molecule has 0 bridgehead atoms. The second kappa shape index (κ2) is 3.32. The predicted octanol–water partition coefficient (Wildman–Crippen LogP) is 2.39. The van der Waals surface area contributed by atoms with Gasteiger partial charge in [0.15, 0.2) is 0 Å². The van der Waals surface area contributed by atoms with Gasteiger partial charge in [-0.1, -0.05) is 20.8 Å². The van der Waals surface area contributed by atoms with Crippen LogP contribution in [0.2, 0.25) is 0 Å². The molecule has 2 atom stereocenters. The number of alkyl halides is 1. The van der Waals surface area contributed by atoms with Gasteiger partial charge in [-0.3, -0.25) is 0 Å². The molecular weight excluding hydrogens is 158 g/mol. The molecule has 1 N–H and O–H groups in total. The molecule has 0 aromatic rings. The number of halogens is 1. The van der Waals surface area contributed by atoms with Gasteiger partial charge in [0.2, 0.25) is 0 Å². The van der Waals surface area contributed by atoms with Gasteiger partial charge in [0, 0.05) is 18.0 Å².